The largest absolute Gasteiger partial charge is 0.315 e. The summed E-state index contributed by atoms with van der Waals surface area (Å²) >= 11 is 0. The van der Waals surface area contributed by atoms with E-state index in [1.54, 1.807) is 4.31 Å². The maximum Gasteiger partial charge on any atom is 0.279 e. The van der Waals surface area contributed by atoms with Gasteiger partial charge in [-0.2, -0.15) is 17.4 Å². The van der Waals surface area contributed by atoms with E-state index in [-0.39, 0.29) is 6.04 Å². The highest BCUT2D eigenvalue weighted by atomic mass is 32.2. The normalized spacial score (nSPS) is 32.6. The average Bonchev–Trinajstić information content (AvgIpc) is 2.32. The predicted molar refractivity (Wildman–Crippen MR) is 72.5 cm³/mol. The zero-order valence-electron chi connectivity index (χ0n) is 11.4. The van der Waals surface area contributed by atoms with Gasteiger partial charge in [-0.05, 0) is 37.6 Å². The van der Waals surface area contributed by atoms with Crippen LogP contribution in [-0.2, 0) is 10.2 Å². The summed E-state index contributed by atoms with van der Waals surface area (Å²) in [6.07, 6.45) is 2.98. The number of nitrogens with one attached hydrogen (secondary N) is 2. The van der Waals surface area contributed by atoms with Gasteiger partial charge in [0.25, 0.3) is 10.2 Å². The molecule has 0 aromatic heterocycles. The van der Waals surface area contributed by atoms with Crippen molar-refractivity contribution in [3.8, 4) is 0 Å². The molecule has 106 valence electrons. The zero-order chi connectivity index (χ0) is 13.2. The minimum Gasteiger partial charge on any atom is -0.315 e. The van der Waals surface area contributed by atoms with E-state index in [4.69, 9.17) is 0 Å². The van der Waals surface area contributed by atoms with E-state index in [0.29, 0.717) is 24.9 Å². The maximum atomic E-state index is 12.3. The van der Waals surface area contributed by atoms with Crippen molar-refractivity contribution in [2.75, 3.05) is 26.2 Å². The van der Waals surface area contributed by atoms with Crippen LogP contribution in [0.1, 0.15) is 33.1 Å². The lowest BCUT2D eigenvalue weighted by Crippen LogP contribution is -2.54. The van der Waals surface area contributed by atoms with Gasteiger partial charge >= 0.3 is 0 Å². The van der Waals surface area contributed by atoms with Crippen molar-refractivity contribution in [3.63, 3.8) is 0 Å². The van der Waals surface area contributed by atoms with Gasteiger partial charge in [0.2, 0.25) is 0 Å². The lowest BCUT2D eigenvalue weighted by molar-refractivity contribution is 0.273. The van der Waals surface area contributed by atoms with E-state index >= 15 is 0 Å². The van der Waals surface area contributed by atoms with Crippen LogP contribution in [0.25, 0.3) is 0 Å². The van der Waals surface area contributed by atoms with Crippen LogP contribution in [0.4, 0.5) is 0 Å². The van der Waals surface area contributed by atoms with Gasteiger partial charge in [-0.25, -0.2) is 0 Å². The molecule has 0 amide bonds. The van der Waals surface area contributed by atoms with Crippen LogP contribution in [-0.4, -0.2) is 44.9 Å². The number of rotatable bonds is 3. The second kappa shape index (κ2) is 5.86. The fraction of sp³-hybridized carbons (Fsp3) is 1.00. The molecule has 0 saturated carbocycles. The molecule has 0 radical (unpaired) electrons. The second-order valence-corrected chi connectivity index (χ2v) is 7.48. The summed E-state index contributed by atoms with van der Waals surface area (Å²) in [5.74, 6) is 1.05. The van der Waals surface area contributed by atoms with E-state index in [2.05, 4.69) is 23.9 Å². The SMILES string of the molecule is CC1CCN(S(=O)(=O)NC2CNCCC2C)CC1. The van der Waals surface area contributed by atoms with Gasteiger partial charge < -0.3 is 5.32 Å². The highest BCUT2D eigenvalue weighted by Gasteiger charge is 2.31. The molecule has 2 N–H and O–H groups in total. The first-order valence-electron chi connectivity index (χ1n) is 6.97. The first kappa shape index (κ1) is 14.2. The molecule has 0 spiro atoms. The Morgan fingerprint density at radius 3 is 2.44 bits per heavy atom. The average molecular weight is 275 g/mol. The molecular weight excluding hydrogens is 250 g/mol. The molecule has 2 rings (SSSR count). The summed E-state index contributed by atoms with van der Waals surface area (Å²) in [4.78, 5) is 0. The van der Waals surface area contributed by atoms with Crippen molar-refractivity contribution in [2.45, 2.75) is 39.2 Å². The summed E-state index contributed by atoms with van der Waals surface area (Å²) in [7, 11) is -3.30. The number of hydrogen-bond donors (Lipinski definition) is 2. The molecule has 2 heterocycles. The van der Waals surface area contributed by atoms with Gasteiger partial charge in [0.1, 0.15) is 0 Å². The second-order valence-electron chi connectivity index (χ2n) is 5.78. The zero-order valence-corrected chi connectivity index (χ0v) is 12.2. The third-order valence-electron chi connectivity index (χ3n) is 4.21. The summed E-state index contributed by atoms with van der Waals surface area (Å²) < 4.78 is 29.1. The molecule has 0 bridgehead atoms. The molecule has 0 aromatic rings. The molecular formula is C12H25N3O2S. The third kappa shape index (κ3) is 3.44. The smallest absolute Gasteiger partial charge is 0.279 e. The van der Waals surface area contributed by atoms with E-state index in [9.17, 15) is 8.42 Å². The van der Waals surface area contributed by atoms with Crippen molar-refractivity contribution < 1.29 is 8.42 Å². The Bertz CT molecular complexity index is 364. The maximum absolute atomic E-state index is 12.3. The van der Waals surface area contributed by atoms with Crippen molar-refractivity contribution in [2.24, 2.45) is 11.8 Å². The standard InChI is InChI=1S/C12H25N3O2S/c1-10-4-7-15(8-5-10)18(16,17)14-12-9-13-6-3-11(12)2/h10-14H,3-9H2,1-2H3. The Balaban J connectivity index is 1.94. The van der Waals surface area contributed by atoms with Gasteiger partial charge in [0, 0.05) is 25.7 Å². The first-order valence-corrected chi connectivity index (χ1v) is 8.41. The van der Waals surface area contributed by atoms with E-state index in [1.807, 2.05) is 0 Å². The molecule has 2 saturated heterocycles. The third-order valence-corrected chi connectivity index (χ3v) is 5.86. The van der Waals surface area contributed by atoms with Crippen LogP contribution in [0.3, 0.4) is 0 Å². The van der Waals surface area contributed by atoms with E-state index in [1.165, 1.54) is 0 Å². The summed E-state index contributed by atoms with van der Waals surface area (Å²) in [5.41, 5.74) is 0. The molecule has 6 heteroatoms. The monoisotopic (exact) mass is 275 g/mol. The molecule has 2 unspecified atom stereocenters. The quantitative estimate of drug-likeness (QED) is 0.791. The van der Waals surface area contributed by atoms with Crippen LogP contribution in [0.2, 0.25) is 0 Å². The van der Waals surface area contributed by atoms with Crippen molar-refractivity contribution in [1.29, 1.82) is 0 Å². The Labute approximate surface area is 110 Å². The minimum absolute atomic E-state index is 0.0306. The van der Waals surface area contributed by atoms with Crippen molar-refractivity contribution in [3.05, 3.63) is 0 Å². The molecule has 2 aliphatic rings. The number of nitrogens with zero attached hydrogens (tertiary/aromatic N) is 1. The van der Waals surface area contributed by atoms with Gasteiger partial charge in [-0.1, -0.05) is 13.8 Å². The van der Waals surface area contributed by atoms with E-state index < -0.39 is 10.2 Å². The Hall–Kier alpha value is -0.170. The number of hydrogen-bond acceptors (Lipinski definition) is 3. The van der Waals surface area contributed by atoms with Gasteiger partial charge in [0.05, 0.1) is 0 Å². The van der Waals surface area contributed by atoms with Gasteiger partial charge in [-0.15, -0.1) is 0 Å². The van der Waals surface area contributed by atoms with Crippen LogP contribution in [0.15, 0.2) is 0 Å². The number of piperidine rings is 2. The molecule has 0 aromatic carbocycles. The molecule has 2 aliphatic heterocycles. The Kier molecular flexibility index (Phi) is 4.64. The summed E-state index contributed by atoms with van der Waals surface area (Å²) in [6.45, 7) is 7.35. The lowest BCUT2D eigenvalue weighted by Gasteiger charge is -2.34. The van der Waals surface area contributed by atoms with Crippen LogP contribution in [0, 0.1) is 11.8 Å². The lowest BCUT2D eigenvalue weighted by atomic mass is 9.96. The van der Waals surface area contributed by atoms with Crippen LogP contribution in [0.5, 0.6) is 0 Å². The van der Waals surface area contributed by atoms with Crippen LogP contribution < -0.4 is 10.0 Å². The molecule has 5 nitrogen and oxygen atoms in total. The molecule has 2 fully saturated rings. The molecule has 0 aliphatic carbocycles. The van der Waals surface area contributed by atoms with Crippen molar-refractivity contribution in [1.82, 2.24) is 14.3 Å². The summed E-state index contributed by atoms with van der Waals surface area (Å²) in [5, 5.41) is 3.25. The molecule has 18 heavy (non-hydrogen) atoms. The molecule has 2 atom stereocenters. The van der Waals surface area contributed by atoms with Crippen molar-refractivity contribution >= 4 is 10.2 Å². The van der Waals surface area contributed by atoms with E-state index in [0.717, 1.165) is 32.4 Å². The Morgan fingerprint density at radius 2 is 1.83 bits per heavy atom. The fourth-order valence-electron chi connectivity index (χ4n) is 2.64. The first-order chi connectivity index (χ1) is 8.49. The van der Waals surface area contributed by atoms with Gasteiger partial charge in [0.15, 0.2) is 0 Å². The fourth-order valence-corrected chi connectivity index (χ4v) is 4.18. The van der Waals surface area contributed by atoms with Crippen LogP contribution >= 0.6 is 0 Å². The Morgan fingerprint density at radius 1 is 1.17 bits per heavy atom. The highest BCUT2D eigenvalue weighted by molar-refractivity contribution is 7.87. The topological polar surface area (TPSA) is 61.4 Å². The minimum atomic E-state index is -3.30. The summed E-state index contributed by atoms with van der Waals surface area (Å²) in [6, 6.07) is 0.0306. The van der Waals surface area contributed by atoms with Gasteiger partial charge in [-0.3, -0.25) is 0 Å². The predicted octanol–water partition coefficient (Wildman–Crippen LogP) is 0.551. The highest BCUT2D eigenvalue weighted by Crippen LogP contribution is 2.19.